The van der Waals surface area contributed by atoms with E-state index in [1.165, 1.54) is 0 Å². The van der Waals surface area contributed by atoms with E-state index in [1.807, 2.05) is 0 Å². The van der Waals surface area contributed by atoms with Crippen LogP contribution in [0.15, 0.2) is 0 Å². The van der Waals surface area contributed by atoms with Gasteiger partial charge in [0.2, 0.25) is 0 Å². The van der Waals surface area contributed by atoms with Gasteiger partial charge < -0.3 is 0 Å². The molecule has 0 aliphatic carbocycles. The van der Waals surface area contributed by atoms with Gasteiger partial charge in [-0.3, -0.25) is 0 Å². The van der Waals surface area contributed by atoms with Crippen LogP contribution in [0, 0.1) is 6.86 Å². The van der Waals surface area contributed by atoms with Crippen molar-refractivity contribution in [2.24, 2.45) is 0 Å². The third-order valence-electron chi connectivity index (χ3n) is 0.126. The average molecular weight is 113 g/mol. The number of rotatable bonds is 2. The monoisotopic (exact) mass is 113 g/mol. The molecule has 0 saturated heterocycles. The molecule has 0 aromatic heterocycles. The van der Waals surface area contributed by atoms with Gasteiger partial charge in [-0.05, 0) is 0 Å². The Labute approximate surface area is 35.9 Å². The Morgan fingerprint density at radius 2 is 2.17 bits per heavy atom. The largest absolute Gasteiger partial charge is 0.272 e. The van der Waals surface area contributed by atoms with Crippen LogP contribution in [0.1, 0.15) is 0 Å². The van der Waals surface area contributed by atoms with Crippen molar-refractivity contribution in [1.29, 1.82) is 0 Å². The molecule has 1 radical (unpaired) electrons. The summed E-state index contributed by atoms with van der Waals surface area (Å²) in [5.41, 5.74) is 0. The summed E-state index contributed by atoms with van der Waals surface area (Å²) in [6.07, 6.45) is 0. The first kappa shape index (κ1) is 5.84. The Morgan fingerprint density at radius 1 is 1.67 bits per heavy atom. The van der Waals surface area contributed by atoms with Crippen LogP contribution in [0.3, 0.4) is 0 Å². The molecule has 6 heavy (non-hydrogen) atoms. The van der Waals surface area contributed by atoms with Gasteiger partial charge in [0.15, 0.2) is 0 Å². The number of hydrogen-bond donors (Lipinski definition) is 1. The van der Waals surface area contributed by atoms with Crippen molar-refractivity contribution >= 4 is 11.0 Å². The van der Waals surface area contributed by atoms with Gasteiger partial charge in [-0.15, -0.1) is 0 Å². The normalized spacial score (nSPS) is 9.67. The molecule has 0 unspecified atom stereocenters. The fourth-order valence-electron chi connectivity index (χ4n) is 0.0325. The van der Waals surface area contributed by atoms with Gasteiger partial charge in [0, 0.05) is 0 Å². The number of hydrogen-bond acceptors (Lipinski definition) is 3. The summed E-state index contributed by atoms with van der Waals surface area (Å²) in [6, 6.07) is 0. The summed E-state index contributed by atoms with van der Waals surface area (Å²) in [6.45, 7) is -0.397. The van der Waals surface area contributed by atoms with Crippen LogP contribution in [0.5, 0.6) is 0 Å². The Balaban J connectivity index is 3.07. The van der Waals surface area contributed by atoms with Crippen LogP contribution >= 0.6 is 0 Å². The highest BCUT2D eigenvalue weighted by atomic mass is 32.2. The van der Waals surface area contributed by atoms with Gasteiger partial charge in [0.25, 0.3) is 17.8 Å². The average Bonchev–Trinajstić information content (AvgIpc) is 1.35. The molecule has 0 aromatic carbocycles. The minimum Gasteiger partial charge on any atom is -0.229 e. The van der Waals surface area contributed by atoms with E-state index in [1.54, 1.807) is 0 Å². The van der Waals surface area contributed by atoms with Gasteiger partial charge in [-0.25, -0.2) is 17.0 Å². The first-order valence-electron chi connectivity index (χ1n) is 1.00. The molecular formula is CH2FO3S. The Morgan fingerprint density at radius 3 is 2.17 bits per heavy atom. The molecule has 0 aliphatic rings. The number of halogens is 1. The van der Waals surface area contributed by atoms with Gasteiger partial charge in [0.1, 0.15) is 0 Å². The third-order valence-corrected chi connectivity index (χ3v) is 0.378. The molecule has 0 saturated carbocycles. The molecule has 0 spiro atoms. The standard InChI is InChI=1S/CH2FO3S/c2-1-5-6(3)4/h1,6H. The summed E-state index contributed by atoms with van der Waals surface area (Å²) in [7, 11) is -3.03. The van der Waals surface area contributed by atoms with Crippen molar-refractivity contribution < 1.29 is 17.0 Å². The molecule has 0 fully saturated rings. The van der Waals surface area contributed by atoms with Crippen molar-refractivity contribution in [3.05, 3.63) is 6.86 Å². The maximum absolute atomic E-state index is 10.5. The lowest BCUT2D eigenvalue weighted by Crippen LogP contribution is -1.75. The van der Waals surface area contributed by atoms with Gasteiger partial charge in [-0.1, -0.05) is 0 Å². The topological polar surface area (TPSA) is 43.4 Å². The first-order chi connectivity index (χ1) is 2.77. The molecule has 0 amide bonds. The van der Waals surface area contributed by atoms with E-state index in [9.17, 15) is 4.39 Å². The molecule has 0 bridgehead atoms. The molecule has 0 heterocycles. The molecular weight excluding hydrogens is 111 g/mol. The highest BCUT2D eigenvalue weighted by Gasteiger charge is 1.77. The predicted octanol–water partition coefficient (Wildman–Crippen LogP) is -0.382. The van der Waals surface area contributed by atoms with Crippen LogP contribution in [-0.4, -0.2) is 8.42 Å². The molecule has 0 aliphatic heterocycles. The summed E-state index contributed by atoms with van der Waals surface area (Å²) in [4.78, 5) is 0. The van der Waals surface area contributed by atoms with Crippen LogP contribution in [-0.2, 0) is 15.2 Å². The van der Waals surface area contributed by atoms with Gasteiger partial charge in [-0.2, -0.15) is 0 Å². The van der Waals surface area contributed by atoms with E-state index in [0.717, 1.165) is 0 Å². The molecule has 3 nitrogen and oxygen atoms in total. The van der Waals surface area contributed by atoms with Gasteiger partial charge in [0.05, 0.1) is 0 Å². The lowest BCUT2D eigenvalue weighted by atomic mass is 11.6. The van der Waals surface area contributed by atoms with E-state index < -0.39 is 17.8 Å². The van der Waals surface area contributed by atoms with Crippen molar-refractivity contribution in [2.45, 2.75) is 0 Å². The molecule has 0 N–H and O–H groups in total. The summed E-state index contributed by atoms with van der Waals surface area (Å²) in [5, 5.41) is 0. The van der Waals surface area contributed by atoms with Crippen LogP contribution in [0.25, 0.3) is 0 Å². The maximum atomic E-state index is 10.5. The van der Waals surface area contributed by atoms with Gasteiger partial charge >= 0.3 is 0 Å². The fourth-order valence-corrected chi connectivity index (χ4v) is 0.0976. The van der Waals surface area contributed by atoms with E-state index >= 15 is 0 Å². The molecule has 0 rings (SSSR count). The zero-order valence-corrected chi connectivity index (χ0v) is 3.52. The van der Waals surface area contributed by atoms with Crippen LogP contribution in [0.4, 0.5) is 4.39 Å². The molecule has 37 valence electrons. The predicted molar refractivity (Wildman–Crippen MR) is 16.8 cm³/mol. The van der Waals surface area contributed by atoms with E-state index in [4.69, 9.17) is 8.42 Å². The second kappa shape index (κ2) is 3.05. The second-order valence-corrected chi connectivity index (χ2v) is 1.08. The number of thiol groups is 1. The summed E-state index contributed by atoms with van der Waals surface area (Å²) < 4.78 is 32.0. The molecule has 0 atom stereocenters. The fraction of sp³-hybridized carbons (Fsp3) is 0. The molecule has 0 aromatic rings. The van der Waals surface area contributed by atoms with Crippen molar-refractivity contribution in [3.63, 3.8) is 0 Å². The van der Waals surface area contributed by atoms with Crippen molar-refractivity contribution in [2.75, 3.05) is 0 Å². The Bertz CT molecular complexity index is 78.8. The quantitative estimate of drug-likeness (QED) is 0.496. The SMILES string of the molecule is O=[SH](=O)O[CH]F. The van der Waals surface area contributed by atoms with Crippen molar-refractivity contribution in [3.8, 4) is 0 Å². The molecule has 5 heteroatoms. The maximum Gasteiger partial charge on any atom is 0.272 e. The Hall–Kier alpha value is -0.160. The highest BCUT2D eigenvalue weighted by Crippen LogP contribution is 1.77. The van der Waals surface area contributed by atoms with E-state index in [-0.39, 0.29) is 0 Å². The van der Waals surface area contributed by atoms with E-state index in [2.05, 4.69) is 4.18 Å². The smallest absolute Gasteiger partial charge is 0.229 e. The first-order valence-corrected chi connectivity index (χ1v) is 2.10. The lowest BCUT2D eigenvalue weighted by molar-refractivity contribution is 0.300. The second-order valence-electron chi connectivity index (χ2n) is 0.418. The zero-order chi connectivity index (χ0) is 4.99. The van der Waals surface area contributed by atoms with Crippen LogP contribution in [0.2, 0.25) is 0 Å². The zero-order valence-electron chi connectivity index (χ0n) is 2.63. The third kappa shape index (κ3) is 3.84. The minimum absolute atomic E-state index is 0.397. The summed E-state index contributed by atoms with van der Waals surface area (Å²) >= 11 is 0. The van der Waals surface area contributed by atoms with Crippen molar-refractivity contribution in [1.82, 2.24) is 0 Å². The van der Waals surface area contributed by atoms with E-state index in [0.29, 0.717) is 0 Å². The minimum atomic E-state index is -3.03. The summed E-state index contributed by atoms with van der Waals surface area (Å²) in [5.74, 6) is 0. The Kier molecular flexibility index (Phi) is 2.97. The highest BCUT2D eigenvalue weighted by molar-refractivity contribution is 7.67. The van der Waals surface area contributed by atoms with Crippen LogP contribution < -0.4 is 0 Å². The lowest BCUT2D eigenvalue weighted by Gasteiger charge is -1.73.